The van der Waals surface area contributed by atoms with Crippen molar-refractivity contribution >= 4 is 21.7 Å². The molecule has 1 atom stereocenters. The van der Waals surface area contributed by atoms with Crippen molar-refractivity contribution in [3.05, 3.63) is 0 Å². The number of aliphatic carboxylic acids is 1. The summed E-state index contributed by atoms with van der Waals surface area (Å²) in [7, 11) is -1.63. The second-order valence-electron chi connectivity index (χ2n) is 4.03. The zero-order valence-corrected chi connectivity index (χ0v) is 10.4. The molecule has 2 N–H and O–H groups in total. The molecular formula is C9H16N2O5S. The van der Waals surface area contributed by atoms with Crippen molar-refractivity contribution in [2.75, 3.05) is 31.6 Å². The number of amides is 1. The van der Waals surface area contributed by atoms with Gasteiger partial charge in [0.2, 0.25) is 5.91 Å². The van der Waals surface area contributed by atoms with E-state index in [2.05, 4.69) is 5.32 Å². The number of sulfone groups is 1. The first-order valence-corrected chi connectivity index (χ1v) is 7.03. The predicted octanol–water partition coefficient (Wildman–Crippen LogP) is -1.69. The van der Waals surface area contributed by atoms with Crippen LogP contribution in [-0.4, -0.2) is 68.0 Å². The highest BCUT2D eigenvalue weighted by Crippen LogP contribution is 2.17. The molecule has 7 nitrogen and oxygen atoms in total. The van der Waals surface area contributed by atoms with Crippen molar-refractivity contribution in [3.8, 4) is 0 Å². The van der Waals surface area contributed by atoms with Gasteiger partial charge in [0.25, 0.3) is 0 Å². The van der Waals surface area contributed by atoms with Gasteiger partial charge in [0, 0.05) is 13.1 Å². The summed E-state index contributed by atoms with van der Waals surface area (Å²) in [4.78, 5) is 23.3. The SMILES string of the molecule is CNC(=O)CN(CC(=O)O)C1CCS(=O)(=O)C1. The number of nitrogens with zero attached hydrogens (tertiary/aromatic N) is 1. The molecule has 0 bridgehead atoms. The van der Waals surface area contributed by atoms with Crippen molar-refractivity contribution in [2.24, 2.45) is 0 Å². The van der Waals surface area contributed by atoms with Gasteiger partial charge >= 0.3 is 5.97 Å². The van der Waals surface area contributed by atoms with Crippen LogP contribution in [0.4, 0.5) is 0 Å². The van der Waals surface area contributed by atoms with Crippen molar-refractivity contribution in [1.29, 1.82) is 0 Å². The van der Waals surface area contributed by atoms with Gasteiger partial charge in [-0.25, -0.2) is 8.42 Å². The first-order valence-electron chi connectivity index (χ1n) is 5.21. The summed E-state index contributed by atoms with van der Waals surface area (Å²) in [5.41, 5.74) is 0. The molecule has 1 heterocycles. The molecule has 1 aliphatic heterocycles. The lowest BCUT2D eigenvalue weighted by molar-refractivity contribution is -0.139. The van der Waals surface area contributed by atoms with E-state index in [1.807, 2.05) is 0 Å². The standard InChI is InChI=1S/C9H16N2O5S/c1-10-8(12)4-11(5-9(13)14)7-2-3-17(15,16)6-7/h7H,2-6H2,1H3,(H,10,12)(H,13,14). The number of nitrogens with one attached hydrogen (secondary N) is 1. The minimum Gasteiger partial charge on any atom is -0.480 e. The summed E-state index contributed by atoms with van der Waals surface area (Å²) in [5.74, 6) is -1.41. The molecule has 1 amide bonds. The highest BCUT2D eigenvalue weighted by molar-refractivity contribution is 7.91. The quantitative estimate of drug-likeness (QED) is 0.614. The van der Waals surface area contributed by atoms with Crippen molar-refractivity contribution < 1.29 is 23.1 Å². The van der Waals surface area contributed by atoms with Gasteiger partial charge in [-0.3, -0.25) is 14.5 Å². The zero-order chi connectivity index (χ0) is 13.1. The lowest BCUT2D eigenvalue weighted by Crippen LogP contribution is -2.45. The number of carbonyl (C=O) groups excluding carboxylic acids is 1. The molecule has 17 heavy (non-hydrogen) atoms. The maximum absolute atomic E-state index is 11.3. The summed E-state index contributed by atoms with van der Waals surface area (Å²) in [6, 6.07) is -0.381. The Morgan fingerprint density at radius 3 is 2.47 bits per heavy atom. The largest absolute Gasteiger partial charge is 0.480 e. The van der Waals surface area contributed by atoms with Gasteiger partial charge < -0.3 is 10.4 Å². The minimum atomic E-state index is -3.09. The lowest BCUT2D eigenvalue weighted by atomic mass is 10.2. The Labute approximate surface area is 99.7 Å². The van der Waals surface area contributed by atoms with Gasteiger partial charge in [-0.05, 0) is 6.42 Å². The first-order chi connectivity index (χ1) is 7.84. The number of hydrogen-bond donors (Lipinski definition) is 2. The average molecular weight is 264 g/mol. The summed E-state index contributed by atoms with van der Waals surface area (Å²) < 4.78 is 22.6. The fourth-order valence-electron chi connectivity index (χ4n) is 1.81. The minimum absolute atomic E-state index is 0.0571. The Hall–Kier alpha value is -1.15. The third kappa shape index (κ3) is 4.31. The number of carboxylic acid groups (broad SMARTS) is 1. The van der Waals surface area contributed by atoms with Crippen LogP contribution in [0.3, 0.4) is 0 Å². The highest BCUT2D eigenvalue weighted by atomic mass is 32.2. The van der Waals surface area contributed by atoms with Crippen LogP contribution >= 0.6 is 0 Å². The lowest BCUT2D eigenvalue weighted by Gasteiger charge is -2.25. The van der Waals surface area contributed by atoms with E-state index in [1.54, 1.807) is 0 Å². The van der Waals surface area contributed by atoms with Gasteiger partial charge in [0.15, 0.2) is 9.84 Å². The molecule has 0 spiro atoms. The molecule has 0 saturated carbocycles. The van der Waals surface area contributed by atoms with Crippen molar-refractivity contribution in [3.63, 3.8) is 0 Å². The van der Waals surface area contributed by atoms with Gasteiger partial charge in [-0.1, -0.05) is 0 Å². The van der Waals surface area contributed by atoms with E-state index in [4.69, 9.17) is 5.11 Å². The Morgan fingerprint density at radius 2 is 2.06 bits per heavy atom. The van der Waals surface area contributed by atoms with Crippen molar-refractivity contribution in [1.82, 2.24) is 10.2 Å². The molecular weight excluding hydrogens is 248 g/mol. The maximum atomic E-state index is 11.3. The molecule has 0 aromatic rings. The molecule has 1 aliphatic rings. The molecule has 0 radical (unpaired) electrons. The van der Waals surface area contributed by atoms with Gasteiger partial charge in [-0.2, -0.15) is 0 Å². The average Bonchev–Trinajstić information content (AvgIpc) is 2.57. The smallest absolute Gasteiger partial charge is 0.317 e. The van der Waals surface area contributed by atoms with E-state index in [1.165, 1.54) is 11.9 Å². The third-order valence-corrected chi connectivity index (χ3v) is 4.44. The fourth-order valence-corrected chi connectivity index (χ4v) is 3.58. The molecule has 1 saturated heterocycles. The zero-order valence-electron chi connectivity index (χ0n) is 9.55. The Morgan fingerprint density at radius 1 is 1.41 bits per heavy atom. The number of likely N-dealkylation sites (N-methyl/N-ethyl adjacent to an activating group) is 1. The van der Waals surface area contributed by atoms with Crippen LogP contribution in [0.1, 0.15) is 6.42 Å². The Balaban J connectivity index is 2.69. The van der Waals surface area contributed by atoms with E-state index in [0.29, 0.717) is 6.42 Å². The Bertz CT molecular complexity index is 406. The normalized spacial score (nSPS) is 22.6. The van der Waals surface area contributed by atoms with E-state index >= 15 is 0 Å². The number of rotatable bonds is 5. The molecule has 1 unspecified atom stereocenters. The molecule has 0 aromatic heterocycles. The fraction of sp³-hybridized carbons (Fsp3) is 0.778. The summed E-state index contributed by atoms with van der Waals surface area (Å²) in [6.45, 7) is -0.420. The van der Waals surface area contributed by atoms with E-state index < -0.39 is 15.8 Å². The van der Waals surface area contributed by atoms with Crippen LogP contribution < -0.4 is 5.32 Å². The summed E-state index contributed by atoms with van der Waals surface area (Å²) in [6.07, 6.45) is 0.382. The molecule has 0 aromatic carbocycles. The van der Waals surface area contributed by atoms with Gasteiger partial charge in [0.1, 0.15) is 0 Å². The van der Waals surface area contributed by atoms with Crippen LogP contribution in [0.2, 0.25) is 0 Å². The monoisotopic (exact) mass is 264 g/mol. The summed E-state index contributed by atoms with van der Waals surface area (Å²) in [5, 5.41) is 11.1. The molecule has 0 aliphatic carbocycles. The van der Waals surface area contributed by atoms with Crippen molar-refractivity contribution in [2.45, 2.75) is 12.5 Å². The van der Waals surface area contributed by atoms with E-state index in [-0.39, 0.29) is 36.5 Å². The number of carboxylic acids is 1. The van der Waals surface area contributed by atoms with Gasteiger partial charge in [0.05, 0.1) is 24.6 Å². The number of carbonyl (C=O) groups is 2. The summed E-state index contributed by atoms with van der Waals surface area (Å²) >= 11 is 0. The molecule has 98 valence electrons. The number of hydrogen-bond acceptors (Lipinski definition) is 5. The topological polar surface area (TPSA) is 104 Å². The van der Waals surface area contributed by atoms with Crippen LogP contribution in [0.5, 0.6) is 0 Å². The first kappa shape index (κ1) is 13.9. The van der Waals surface area contributed by atoms with Crippen LogP contribution in [0.15, 0.2) is 0 Å². The molecule has 1 rings (SSSR count). The highest BCUT2D eigenvalue weighted by Gasteiger charge is 2.33. The van der Waals surface area contributed by atoms with Crippen LogP contribution in [0, 0.1) is 0 Å². The third-order valence-electron chi connectivity index (χ3n) is 2.69. The van der Waals surface area contributed by atoms with Crippen LogP contribution in [-0.2, 0) is 19.4 Å². The van der Waals surface area contributed by atoms with Gasteiger partial charge in [-0.15, -0.1) is 0 Å². The van der Waals surface area contributed by atoms with E-state index in [0.717, 1.165) is 0 Å². The molecule has 1 fully saturated rings. The maximum Gasteiger partial charge on any atom is 0.317 e. The second kappa shape index (κ2) is 5.46. The predicted molar refractivity (Wildman–Crippen MR) is 60.3 cm³/mol. The van der Waals surface area contributed by atoms with Crippen LogP contribution in [0.25, 0.3) is 0 Å². The Kier molecular flexibility index (Phi) is 4.47. The van der Waals surface area contributed by atoms with E-state index in [9.17, 15) is 18.0 Å². The second-order valence-corrected chi connectivity index (χ2v) is 6.26. The molecule has 8 heteroatoms.